The van der Waals surface area contributed by atoms with Gasteiger partial charge in [-0.25, -0.2) is 9.97 Å². The van der Waals surface area contributed by atoms with Crippen molar-refractivity contribution >= 4 is 143 Å². The summed E-state index contributed by atoms with van der Waals surface area (Å²) in [5, 5.41) is 13.1. The maximum atomic E-state index is 6.98. The van der Waals surface area contributed by atoms with E-state index in [4.69, 9.17) is 32.6 Å². The third-order valence-corrected chi connectivity index (χ3v) is 13.3. The summed E-state index contributed by atoms with van der Waals surface area (Å²) in [6, 6.07) is 41.7. The normalized spacial score (nSPS) is 12.8. The minimum atomic E-state index is 0.767. The van der Waals surface area contributed by atoms with Crippen LogP contribution in [0.5, 0.6) is 0 Å². The average Bonchev–Trinajstić information content (AvgIpc) is 4.18. The van der Waals surface area contributed by atoms with E-state index in [1.54, 1.807) is 0 Å². The molecule has 0 bridgehead atoms. The summed E-state index contributed by atoms with van der Waals surface area (Å²) in [7, 11) is 0. The Morgan fingerprint density at radius 3 is 1.82 bits per heavy atom. The van der Waals surface area contributed by atoms with Crippen LogP contribution < -0.4 is 0 Å². The number of para-hydroxylation sites is 2. The quantitative estimate of drug-likeness (QED) is 0.153. The largest absolute Gasteiger partial charge is 0.456 e. The van der Waals surface area contributed by atoms with Crippen molar-refractivity contribution in [2.24, 2.45) is 0 Å². The Hall–Kier alpha value is -8.69. The highest BCUT2D eigenvalue weighted by molar-refractivity contribution is 6.38. The summed E-state index contributed by atoms with van der Waals surface area (Å²) in [5.41, 5.74) is 12.9. The van der Waals surface area contributed by atoms with E-state index >= 15 is 0 Å². The average molecular weight is 796 g/mol. The van der Waals surface area contributed by atoms with Crippen molar-refractivity contribution in [1.29, 1.82) is 0 Å². The lowest BCUT2D eigenvalue weighted by molar-refractivity contribution is 0.662. The summed E-state index contributed by atoms with van der Waals surface area (Å²) in [5.74, 6) is 0. The number of pyridine rings is 3. The molecule has 9 nitrogen and oxygen atoms in total. The Morgan fingerprint density at radius 1 is 0.355 bits per heavy atom. The highest BCUT2D eigenvalue weighted by Gasteiger charge is 2.27. The maximum Gasteiger partial charge on any atom is 0.149 e. The second-order valence-corrected chi connectivity index (χ2v) is 16.3. The zero-order valence-corrected chi connectivity index (χ0v) is 32.3. The molecular formula is C53H25N5O4. The molecule has 7 aromatic carbocycles. The molecular weight excluding hydrogens is 771 g/mol. The SMILES string of the molecule is c1ccc2c(c1)oc1c2ccc2oc3ccc4c5nccc(-c6ccc7oc8c(c7c6)c6oc7ccccc7c6c6c8c7ccccc7c7nccn76)c5c5nccn5c4c3c21. The van der Waals surface area contributed by atoms with E-state index in [2.05, 4.69) is 93.7 Å². The number of hydrogen-bond acceptors (Lipinski definition) is 7. The van der Waals surface area contributed by atoms with Gasteiger partial charge < -0.3 is 17.7 Å². The standard InChI is InChI=1S/C53H25N5O4/c1-2-9-31-29(8-1)41-48(58-24-21-55-52(31)58)42-32-10-4-6-12-36(32)61-51(42)43-34-25-26(13-16-37(34)62-50(41)43)27-19-20-54-46-33-15-18-38-44(47(33)57-23-22-56-53(57)40(27)46)45-39(59-38)17-14-30-28-7-3-5-11-35(28)60-49(30)45/h1-25H. The molecule has 62 heavy (non-hydrogen) atoms. The number of furan rings is 4. The monoisotopic (exact) mass is 795 g/mol. The molecule has 0 aliphatic heterocycles. The smallest absolute Gasteiger partial charge is 0.149 e. The van der Waals surface area contributed by atoms with Crippen LogP contribution in [0, 0.1) is 0 Å². The number of rotatable bonds is 1. The molecule has 0 spiro atoms. The second kappa shape index (κ2) is 10.7. The van der Waals surface area contributed by atoms with Crippen LogP contribution in [0.3, 0.4) is 0 Å². The molecule has 0 saturated carbocycles. The van der Waals surface area contributed by atoms with Gasteiger partial charge in [-0.2, -0.15) is 0 Å². The van der Waals surface area contributed by atoms with Gasteiger partial charge in [0.05, 0.1) is 48.9 Å². The minimum Gasteiger partial charge on any atom is -0.456 e. The van der Waals surface area contributed by atoms with Gasteiger partial charge in [-0.15, -0.1) is 0 Å². The predicted molar refractivity (Wildman–Crippen MR) is 246 cm³/mol. The van der Waals surface area contributed by atoms with Crippen molar-refractivity contribution in [2.75, 3.05) is 0 Å². The Balaban J connectivity index is 1.03. The molecule has 0 amide bonds. The fourth-order valence-electron chi connectivity index (χ4n) is 10.8. The number of hydrogen-bond donors (Lipinski definition) is 0. The second-order valence-electron chi connectivity index (χ2n) is 16.3. The van der Waals surface area contributed by atoms with Crippen LogP contribution in [0.25, 0.3) is 154 Å². The lowest BCUT2D eigenvalue weighted by atomic mass is 9.96. The molecule has 0 aliphatic carbocycles. The molecule has 0 N–H and O–H groups in total. The van der Waals surface area contributed by atoms with Gasteiger partial charge in [-0.05, 0) is 71.1 Å². The molecule has 16 aromatic rings. The Morgan fingerprint density at radius 2 is 0.984 bits per heavy atom. The third kappa shape index (κ3) is 3.62. The van der Waals surface area contributed by atoms with Gasteiger partial charge in [0.1, 0.15) is 56.0 Å². The number of aromatic nitrogens is 5. The minimum absolute atomic E-state index is 0.767. The summed E-state index contributed by atoms with van der Waals surface area (Å²) < 4.78 is 31.3. The van der Waals surface area contributed by atoms with E-state index in [1.165, 1.54) is 0 Å². The van der Waals surface area contributed by atoms with Gasteiger partial charge in [-0.3, -0.25) is 13.8 Å². The molecule has 0 unspecified atom stereocenters. The van der Waals surface area contributed by atoms with E-state index in [-0.39, 0.29) is 0 Å². The summed E-state index contributed by atoms with van der Waals surface area (Å²) in [6.45, 7) is 0. The lowest BCUT2D eigenvalue weighted by Gasteiger charge is -2.12. The van der Waals surface area contributed by atoms with Gasteiger partial charge >= 0.3 is 0 Å². The molecule has 9 heterocycles. The maximum absolute atomic E-state index is 6.98. The predicted octanol–water partition coefficient (Wildman–Crippen LogP) is 14.3. The zero-order valence-electron chi connectivity index (χ0n) is 32.3. The highest BCUT2D eigenvalue weighted by atomic mass is 16.4. The van der Waals surface area contributed by atoms with Crippen LogP contribution >= 0.6 is 0 Å². The Kier molecular flexibility index (Phi) is 5.41. The molecule has 0 atom stereocenters. The number of benzene rings is 7. The van der Waals surface area contributed by atoms with E-state index in [9.17, 15) is 0 Å². The molecule has 9 aromatic heterocycles. The topological polar surface area (TPSA) is 100 Å². The first-order valence-electron chi connectivity index (χ1n) is 20.6. The van der Waals surface area contributed by atoms with Crippen molar-refractivity contribution in [3.63, 3.8) is 0 Å². The fourth-order valence-corrected chi connectivity index (χ4v) is 10.8. The van der Waals surface area contributed by atoms with Crippen molar-refractivity contribution in [1.82, 2.24) is 23.8 Å². The highest BCUT2D eigenvalue weighted by Crippen LogP contribution is 2.49. The fraction of sp³-hybridized carbons (Fsp3) is 0. The van der Waals surface area contributed by atoms with E-state index in [1.807, 2.05) is 67.4 Å². The molecule has 16 rings (SSSR count). The van der Waals surface area contributed by atoms with Crippen LogP contribution in [-0.2, 0) is 0 Å². The summed E-state index contributed by atoms with van der Waals surface area (Å²) in [4.78, 5) is 15.0. The number of nitrogens with zero attached hydrogens (tertiary/aromatic N) is 5. The van der Waals surface area contributed by atoms with Gasteiger partial charge in [0.25, 0.3) is 0 Å². The van der Waals surface area contributed by atoms with Gasteiger partial charge in [-0.1, -0.05) is 66.7 Å². The molecule has 9 heteroatoms. The van der Waals surface area contributed by atoms with E-state index in [0.717, 1.165) is 154 Å². The van der Waals surface area contributed by atoms with Crippen LogP contribution in [0.2, 0.25) is 0 Å². The van der Waals surface area contributed by atoms with E-state index in [0.29, 0.717) is 0 Å². The Labute approximate surface area is 346 Å². The first-order chi connectivity index (χ1) is 30.8. The number of fused-ring (bicyclic) bond motifs is 29. The molecule has 0 fully saturated rings. The van der Waals surface area contributed by atoms with Gasteiger partial charge in [0.2, 0.25) is 0 Å². The van der Waals surface area contributed by atoms with Crippen molar-refractivity contribution in [2.45, 2.75) is 0 Å². The first kappa shape index (κ1) is 31.3. The first-order valence-corrected chi connectivity index (χ1v) is 20.6. The number of imidazole rings is 2. The molecule has 0 aliphatic rings. The van der Waals surface area contributed by atoms with E-state index < -0.39 is 0 Å². The summed E-state index contributed by atoms with van der Waals surface area (Å²) in [6.07, 6.45) is 9.69. The van der Waals surface area contributed by atoms with Gasteiger partial charge in [0, 0.05) is 63.3 Å². The molecule has 0 saturated heterocycles. The van der Waals surface area contributed by atoms with Crippen LogP contribution in [-0.4, -0.2) is 23.8 Å². The Bertz CT molecular complexity index is 4710. The van der Waals surface area contributed by atoms with Crippen molar-refractivity contribution in [3.8, 4) is 11.1 Å². The summed E-state index contributed by atoms with van der Waals surface area (Å²) >= 11 is 0. The van der Waals surface area contributed by atoms with Crippen molar-refractivity contribution < 1.29 is 17.7 Å². The van der Waals surface area contributed by atoms with Crippen LogP contribution in [0.4, 0.5) is 0 Å². The van der Waals surface area contributed by atoms with Crippen LogP contribution in [0.1, 0.15) is 0 Å². The zero-order chi connectivity index (χ0) is 39.9. The van der Waals surface area contributed by atoms with Crippen molar-refractivity contribution in [3.05, 3.63) is 152 Å². The lowest BCUT2D eigenvalue weighted by Crippen LogP contribution is -1.95. The molecule has 286 valence electrons. The van der Waals surface area contributed by atoms with Gasteiger partial charge in [0.15, 0.2) is 0 Å². The third-order valence-electron chi connectivity index (χ3n) is 13.3. The van der Waals surface area contributed by atoms with Crippen LogP contribution in [0.15, 0.2) is 170 Å². The molecule has 0 radical (unpaired) electrons.